The molecule has 0 saturated carbocycles. The van der Waals surface area contributed by atoms with Crippen LogP contribution in [0.5, 0.6) is 5.75 Å². The van der Waals surface area contributed by atoms with Crippen LogP contribution in [0.25, 0.3) is 0 Å². The lowest BCUT2D eigenvalue weighted by Crippen LogP contribution is -2.38. The summed E-state index contributed by atoms with van der Waals surface area (Å²) in [6.45, 7) is 0. The normalized spacial score (nSPS) is 13.2. The van der Waals surface area contributed by atoms with E-state index in [1.54, 1.807) is 30.3 Å². The van der Waals surface area contributed by atoms with E-state index in [0.29, 0.717) is 34.6 Å². The second-order valence-corrected chi connectivity index (χ2v) is 8.24. The molecule has 0 aliphatic heterocycles. The zero-order chi connectivity index (χ0) is 25.6. The number of hydrogen-bond acceptors (Lipinski definition) is 4. The number of benzene rings is 2. The van der Waals surface area contributed by atoms with Gasteiger partial charge in [0.15, 0.2) is 11.6 Å². The molecule has 2 aromatic carbocycles. The van der Waals surface area contributed by atoms with E-state index < -0.39 is 29.8 Å². The Morgan fingerprint density at radius 2 is 1.77 bits per heavy atom. The number of likely N-dealkylation sites (N-methyl/N-ethyl adjacent to an activating group) is 1. The van der Waals surface area contributed by atoms with Crippen molar-refractivity contribution in [3.8, 4) is 5.75 Å². The number of pyridine rings is 1. The summed E-state index contributed by atoms with van der Waals surface area (Å²) in [4.78, 5) is 16.2. The summed E-state index contributed by atoms with van der Waals surface area (Å²) in [5, 5.41) is 6.44. The maximum atomic E-state index is 14.0. The molecule has 3 aromatic rings. The van der Waals surface area contributed by atoms with Crippen LogP contribution >= 0.6 is 11.6 Å². The quantitative estimate of drug-likeness (QED) is 0.366. The van der Waals surface area contributed by atoms with Crippen LogP contribution in [0.1, 0.15) is 40.9 Å². The topological polar surface area (TPSA) is 63.2 Å². The zero-order valence-electron chi connectivity index (χ0n) is 19.0. The number of nitrogens with one attached hydrogen (secondary N) is 2. The molecule has 1 amide bonds. The molecule has 0 saturated heterocycles. The molecular weight excluding hydrogens is 486 g/mol. The third-order valence-corrected chi connectivity index (χ3v) is 5.75. The summed E-state index contributed by atoms with van der Waals surface area (Å²) in [6, 6.07) is 12.2. The van der Waals surface area contributed by atoms with Gasteiger partial charge < -0.3 is 10.1 Å². The SMILES string of the molecule is CNC(=O)[C@@H](N[C@H](CCc1ccc(C(F)(F)F)nc1)c1ccc(F)c(OC)c1)c1ccc(Cl)cc1. The van der Waals surface area contributed by atoms with Gasteiger partial charge in [0.25, 0.3) is 0 Å². The van der Waals surface area contributed by atoms with E-state index in [1.807, 2.05) is 0 Å². The first-order valence-electron chi connectivity index (χ1n) is 10.7. The van der Waals surface area contributed by atoms with Crippen molar-refractivity contribution in [2.24, 2.45) is 0 Å². The molecule has 2 N–H and O–H groups in total. The Bertz CT molecular complexity index is 1140. The van der Waals surface area contributed by atoms with Crippen molar-refractivity contribution in [3.05, 3.63) is 94.0 Å². The zero-order valence-corrected chi connectivity index (χ0v) is 19.8. The van der Waals surface area contributed by atoms with Crippen molar-refractivity contribution >= 4 is 17.5 Å². The first-order valence-corrected chi connectivity index (χ1v) is 11.1. The van der Waals surface area contributed by atoms with Gasteiger partial charge in [-0.25, -0.2) is 4.39 Å². The van der Waals surface area contributed by atoms with E-state index in [9.17, 15) is 22.4 Å². The molecule has 3 rings (SSSR count). The highest BCUT2D eigenvalue weighted by molar-refractivity contribution is 6.30. The number of ether oxygens (including phenoxy) is 1. The summed E-state index contributed by atoms with van der Waals surface area (Å²) in [6.07, 6.45) is -2.61. The van der Waals surface area contributed by atoms with Gasteiger partial charge in [-0.05, 0) is 59.9 Å². The number of halogens is 5. The Labute approximate surface area is 205 Å². The maximum absolute atomic E-state index is 14.0. The van der Waals surface area contributed by atoms with Gasteiger partial charge in [0, 0.05) is 24.3 Å². The van der Waals surface area contributed by atoms with Crippen molar-refractivity contribution < 1.29 is 27.1 Å². The third kappa shape index (κ3) is 6.93. The number of methoxy groups -OCH3 is 1. The van der Waals surface area contributed by atoms with Crippen molar-refractivity contribution in [1.82, 2.24) is 15.6 Å². The molecule has 0 radical (unpaired) electrons. The summed E-state index contributed by atoms with van der Waals surface area (Å²) in [7, 11) is 2.86. The fourth-order valence-electron chi connectivity index (χ4n) is 3.61. The Morgan fingerprint density at radius 1 is 1.09 bits per heavy atom. The summed E-state index contributed by atoms with van der Waals surface area (Å²) < 4.78 is 57.7. The van der Waals surface area contributed by atoms with Crippen LogP contribution in [0.15, 0.2) is 60.8 Å². The molecule has 1 aromatic heterocycles. The molecule has 2 atom stereocenters. The van der Waals surface area contributed by atoms with E-state index in [2.05, 4.69) is 15.6 Å². The number of aryl methyl sites for hydroxylation is 1. The van der Waals surface area contributed by atoms with E-state index in [-0.39, 0.29) is 11.7 Å². The van der Waals surface area contributed by atoms with Crippen molar-refractivity contribution in [2.45, 2.75) is 31.1 Å². The maximum Gasteiger partial charge on any atom is 0.433 e. The van der Waals surface area contributed by atoms with Gasteiger partial charge >= 0.3 is 6.18 Å². The molecular formula is C25H24ClF4N3O2. The van der Waals surface area contributed by atoms with Crippen molar-refractivity contribution in [3.63, 3.8) is 0 Å². The number of aromatic nitrogens is 1. The first kappa shape index (κ1) is 26.4. The number of carbonyl (C=O) groups is 1. The average Bonchev–Trinajstić information content (AvgIpc) is 2.84. The van der Waals surface area contributed by atoms with E-state index in [0.717, 1.165) is 6.07 Å². The molecule has 1 heterocycles. The summed E-state index contributed by atoms with van der Waals surface area (Å²) in [5.41, 5.74) is 0.915. The second kappa shape index (κ2) is 11.5. The number of amides is 1. The van der Waals surface area contributed by atoms with Gasteiger partial charge in [0.05, 0.1) is 7.11 Å². The van der Waals surface area contributed by atoms with Gasteiger partial charge in [-0.1, -0.05) is 35.9 Å². The van der Waals surface area contributed by atoms with E-state index >= 15 is 0 Å². The van der Waals surface area contributed by atoms with Crippen molar-refractivity contribution in [2.75, 3.05) is 14.2 Å². The third-order valence-electron chi connectivity index (χ3n) is 5.49. The molecule has 186 valence electrons. The minimum Gasteiger partial charge on any atom is -0.494 e. The molecule has 0 bridgehead atoms. The number of hydrogen-bond donors (Lipinski definition) is 2. The standard InChI is InChI=1S/C25H24ClF4N3O2/c1-31-24(34)23(16-5-8-18(26)9-6-16)33-20(17-7-10-19(27)21(13-17)35-2)11-3-15-4-12-22(32-14-15)25(28,29)30/h4-10,12-14,20,23,33H,3,11H2,1-2H3,(H,31,34)/t20-,23+/m1/s1. The molecule has 10 heteroatoms. The summed E-state index contributed by atoms with van der Waals surface area (Å²) in [5.74, 6) is -0.807. The lowest BCUT2D eigenvalue weighted by molar-refractivity contribution is -0.141. The average molecular weight is 510 g/mol. The predicted octanol–water partition coefficient (Wildman–Crippen LogP) is 5.65. The van der Waals surface area contributed by atoms with Gasteiger partial charge in [-0.3, -0.25) is 15.1 Å². The monoisotopic (exact) mass is 509 g/mol. The molecule has 0 spiro atoms. The highest BCUT2D eigenvalue weighted by Gasteiger charge is 2.32. The number of rotatable bonds is 9. The largest absolute Gasteiger partial charge is 0.494 e. The molecule has 0 aliphatic carbocycles. The van der Waals surface area contributed by atoms with Crippen LogP contribution in [0.4, 0.5) is 17.6 Å². The highest BCUT2D eigenvalue weighted by atomic mass is 35.5. The van der Waals surface area contributed by atoms with Crippen LogP contribution in [-0.4, -0.2) is 25.0 Å². The fraction of sp³-hybridized carbons (Fsp3) is 0.280. The molecule has 0 aliphatic rings. The Balaban J connectivity index is 1.91. The minimum atomic E-state index is -4.52. The Kier molecular flexibility index (Phi) is 8.69. The Hall–Kier alpha value is -3.17. The van der Waals surface area contributed by atoms with Crippen LogP contribution in [0, 0.1) is 5.82 Å². The number of nitrogens with zero attached hydrogens (tertiary/aromatic N) is 1. The number of alkyl halides is 3. The highest BCUT2D eigenvalue weighted by Crippen LogP contribution is 2.30. The minimum absolute atomic E-state index is 0.0356. The lowest BCUT2D eigenvalue weighted by atomic mass is 9.96. The van der Waals surface area contributed by atoms with Crippen molar-refractivity contribution in [1.29, 1.82) is 0 Å². The summed E-state index contributed by atoms with van der Waals surface area (Å²) >= 11 is 5.99. The first-order chi connectivity index (χ1) is 16.6. The van der Waals surface area contributed by atoms with Gasteiger partial charge in [0.2, 0.25) is 5.91 Å². The number of carbonyl (C=O) groups excluding carboxylic acids is 1. The van der Waals surface area contributed by atoms with Crippen LogP contribution in [-0.2, 0) is 17.4 Å². The smallest absolute Gasteiger partial charge is 0.433 e. The van der Waals surface area contributed by atoms with Crippen LogP contribution in [0.2, 0.25) is 5.02 Å². The van der Waals surface area contributed by atoms with E-state index in [4.69, 9.17) is 16.3 Å². The predicted molar refractivity (Wildman–Crippen MR) is 125 cm³/mol. The van der Waals surface area contributed by atoms with Gasteiger partial charge in [-0.15, -0.1) is 0 Å². The van der Waals surface area contributed by atoms with E-state index in [1.165, 1.54) is 38.6 Å². The fourth-order valence-corrected chi connectivity index (χ4v) is 3.74. The lowest BCUT2D eigenvalue weighted by Gasteiger charge is -2.26. The Morgan fingerprint density at radius 3 is 2.34 bits per heavy atom. The van der Waals surface area contributed by atoms with Gasteiger partial charge in [-0.2, -0.15) is 13.2 Å². The van der Waals surface area contributed by atoms with Gasteiger partial charge in [0.1, 0.15) is 11.7 Å². The second-order valence-electron chi connectivity index (χ2n) is 7.80. The molecule has 5 nitrogen and oxygen atoms in total. The van der Waals surface area contributed by atoms with Crippen LogP contribution in [0.3, 0.4) is 0 Å². The molecule has 35 heavy (non-hydrogen) atoms. The van der Waals surface area contributed by atoms with Crippen LogP contribution < -0.4 is 15.4 Å². The molecule has 0 fully saturated rings. The molecule has 0 unspecified atom stereocenters.